The largest absolute Gasteiger partial charge is 0.479 e. The number of hydrogen-bond donors (Lipinski definition) is 0. The molecule has 0 aliphatic carbocycles. The van der Waals surface area contributed by atoms with Crippen molar-refractivity contribution in [2.24, 2.45) is 17.0 Å². The van der Waals surface area contributed by atoms with Gasteiger partial charge in [0.2, 0.25) is 5.76 Å². The van der Waals surface area contributed by atoms with Gasteiger partial charge < -0.3 is 14.2 Å². The van der Waals surface area contributed by atoms with E-state index in [1.54, 1.807) is 0 Å². The van der Waals surface area contributed by atoms with Gasteiger partial charge in [-0.1, -0.05) is 25.9 Å². The predicted octanol–water partition coefficient (Wildman–Crippen LogP) is 2.73. The van der Waals surface area contributed by atoms with Crippen molar-refractivity contribution in [1.29, 1.82) is 0 Å². The maximum absolute atomic E-state index is 11.8. The fraction of sp³-hybridized carbons (Fsp3) is 0.733. The summed E-state index contributed by atoms with van der Waals surface area (Å²) in [6.45, 7) is 7.05. The van der Waals surface area contributed by atoms with E-state index in [-0.39, 0.29) is 17.6 Å². The number of hydrogen-bond acceptors (Lipinski definition) is 6. The first-order chi connectivity index (χ1) is 10.8. The molecule has 0 bridgehead atoms. The molecule has 0 amide bonds. The molecule has 0 unspecified atom stereocenters. The minimum absolute atomic E-state index is 0.00932. The standard InChI is InChI=1S/C15H23N3O5/c1-6-8(2)13(22-10(4)19)14-9(3)11(17-18-16)7-12(23-14)15(20)21-5/h7-9,11,13-14H,6H2,1-5H3/t8-,9-,11+,13-,14-/m1/s1. The Hall–Kier alpha value is -2.21. The molecule has 0 radical (unpaired) electrons. The number of methoxy groups -OCH3 is 1. The summed E-state index contributed by atoms with van der Waals surface area (Å²) < 4.78 is 15.8. The van der Waals surface area contributed by atoms with Crippen LogP contribution in [0.25, 0.3) is 10.4 Å². The Morgan fingerprint density at radius 1 is 1.52 bits per heavy atom. The van der Waals surface area contributed by atoms with Gasteiger partial charge in [0.25, 0.3) is 0 Å². The second kappa shape index (κ2) is 8.43. The smallest absolute Gasteiger partial charge is 0.372 e. The van der Waals surface area contributed by atoms with Crippen molar-refractivity contribution in [2.75, 3.05) is 7.11 Å². The molecule has 0 fully saturated rings. The van der Waals surface area contributed by atoms with Gasteiger partial charge in [0, 0.05) is 17.8 Å². The van der Waals surface area contributed by atoms with Crippen LogP contribution in [0.4, 0.5) is 0 Å². The first-order valence-electron chi connectivity index (χ1n) is 7.53. The van der Waals surface area contributed by atoms with Crippen molar-refractivity contribution < 1.29 is 23.8 Å². The van der Waals surface area contributed by atoms with Crippen molar-refractivity contribution in [3.05, 3.63) is 22.3 Å². The summed E-state index contributed by atoms with van der Waals surface area (Å²) in [4.78, 5) is 26.0. The summed E-state index contributed by atoms with van der Waals surface area (Å²) in [5.74, 6) is -1.38. The first-order valence-corrected chi connectivity index (χ1v) is 7.53. The highest BCUT2D eigenvalue weighted by molar-refractivity contribution is 5.86. The highest BCUT2D eigenvalue weighted by Crippen LogP contribution is 2.33. The molecule has 8 nitrogen and oxygen atoms in total. The van der Waals surface area contributed by atoms with Crippen LogP contribution >= 0.6 is 0 Å². The number of carbonyl (C=O) groups is 2. The minimum Gasteiger partial charge on any atom is -0.479 e. The summed E-state index contributed by atoms with van der Waals surface area (Å²) in [7, 11) is 1.24. The quantitative estimate of drug-likeness (QED) is 0.323. The highest BCUT2D eigenvalue weighted by atomic mass is 16.6. The van der Waals surface area contributed by atoms with Crippen LogP contribution in [0.2, 0.25) is 0 Å². The molecule has 8 heteroatoms. The maximum atomic E-state index is 11.8. The van der Waals surface area contributed by atoms with E-state index in [4.69, 9.17) is 15.0 Å². The van der Waals surface area contributed by atoms with Crippen molar-refractivity contribution in [3.8, 4) is 0 Å². The number of carbonyl (C=O) groups excluding carboxylic acids is 2. The molecule has 0 N–H and O–H groups in total. The van der Waals surface area contributed by atoms with Crippen LogP contribution in [0.1, 0.15) is 34.1 Å². The normalized spacial score (nSPS) is 26.0. The molecular formula is C15H23N3O5. The van der Waals surface area contributed by atoms with E-state index in [1.165, 1.54) is 20.1 Å². The second-order valence-corrected chi connectivity index (χ2v) is 5.62. The fourth-order valence-electron chi connectivity index (χ4n) is 2.51. The summed E-state index contributed by atoms with van der Waals surface area (Å²) in [5.41, 5.74) is 8.73. The van der Waals surface area contributed by atoms with Gasteiger partial charge in [-0.2, -0.15) is 0 Å². The van der Waals surface area contributed by atoms with Crippen molar-refractivity contribution in [2.45, 2.75) is 52.4 Å². The van der Waals surface area contributed by atoms with Crippen LogP contribution in [0.5, 0.6) is 0 Å². The van der Waals surface area contributed by atoms with E-state index in [1.807, 2.05) is 20.8 Å². The number of nitrogens with zero attached hydrogens (tertiary/aromatic N) is 3. The molecule has 1 aliphatic heterocycles. The molecule has 128 valence electrons. The molecule has 0 spiro atoms. The van der Waals surface area contributed by atoms with Gasteiger partial charge in [0.1, 0.15) is 12.2 Å². The predicted molar refractivity (Wildman–Crippen MR) is 82.1 cm³/mol. The van der Waals surface area contributed by atoms with E-state index in [2.05, 4.69) is 14.8 Å². The van der Waals surface area contributed by atoms with Crippen LogP contribution in [-0.4, -0.2) is 37.3 Å². The molecule has 0 aromatic carbocycles. The van der Waals surface area contributed by atoms with Gasteiger partial charge in [-0.25, -0.2) is 4.79 Å². The third kappa shape index (κ3) is 4.63. The highest BCUT2D eigenvalue weighted by Gasteiger charge is 2.42. The zero-order chi connectivity index (χ0) is 17.6. The molecule has 1 rings (SSSR count). The SMILES string of the molecule is CC[C@@H](C)[C@@H](OC(C)=O)[C@@H]1OC(C(=O)OC)=C[C@H](N=[N+]=[N-])[C@H]1C. The Morgan fingerprint density at radius 2 is 2.17 bits per heavy atom. The lowest BCUT2D eigenvalue weighted by atomic mass is 9.84. The average Bonchev–Trinajstić information content (AvgIpc) is 2.53. The van der Waals surface area contributed by atoms with Crippen LogP contribution < -0.4 is 0 Å². The average molecular weight is 325 g/mol. The van der Waals surface area contributed by atoms with Crippen LogP contribution in [0, 0.1) is 11.8 Å². The Labute approximate surface area is 135 Å². The molecule has 0 saturated carbocycles. The number of ether oxygens (including phenoxy) is 3. The number of esters is 2. The third-order valence-corrected chi connectivity index (χ3v) is 4.04. The summed E-state index contributed by atoms with van der Waals surface area (Å²) in [5, 5.41) is 3.70. The lowest BCUT2D eigenvalue weighted by molar-refractivity contribution is -0.165. The van der Waals surface area contributed by atoms with Gasteiger partial charge in [0.15, 0.2) is 0 Å². The van der Waals surface area contributed by atoms with Gasteiger partial charge in [-0.05, 0) is 23.9 Å². The van der Waals surface area contributed by atoms with E-state index in [0.29, 0.717) is 0 Å². The maximum Gasteiger partial charge on any atom is 0.372 e. The minimum atomic E-state index is -0.661. The third-order valence-electron chi connectivity index (χ3n) is 4.04. The Balaban J connectivity index is 3.20. The lowest BCUT2D eigenvalue weighted by Crippen LogP contribution is -2.47. The first kappa shape index (κ1) is 18.8. The lowest BCUT2D eigenvalue weighted by Gasteiger charge is -2.39. The van der Waals surface area contributed by atoms with Crippen molar-refractivity contribution >= 4 is 11.9 Å². The molecular weight excluding hydrogens is 302 g/mol. The van der Waals surface area contributed by atoms with Crippen LogP contribution in [0.15, 0.2) is 16.9 Å². The monoisotopic (exact) mass is 325 g/mol. The molecule has 0 saturated heterocycles. The van der Waals surface area contributed by atoms with Crippen LogP contribution in [0.3, 0.4) is 0 Å². The van der Waals surface area contributed by atoms with E-state index >= 15 is 0 Å². The van der Waals surface area contributed by atoms with E-state index in [0.717, 1.165) is 6.42 Å². The Kier molecular flexibility index (Phi) is 6.90. The summed E-state index contributed by atoms with van der Waals surface area (Å²) in [6, 6.07) is -0.588. The van der Waals surface area contributed by atoms with Gasteiger partial charge >= 0.3 is 11.9 Å². The molecule has 23 heavy (non-hydrogen) atoms. The van der Waals surface area contributed by atoms with Crippen molar-refractivity contribution in [1.82, 2.24) is 0 Å². The Bertz CT molecular complexity index is 527. The number of rotatable bonds is 6. The topological polar surface area (TPSA) is 111 Å². The summed E-state index contributed by atoms with van der Waals surface area (Å²) >= 11 is 0. The zero-order valence-electron chi connectivity index (χ0n) is 14.1. The van der Waals surface area contributed by atoms with Crippen molar-refractivity contribution in [3.63, 3.8) is 0 Å². The van der Waals surface area contributed by atoms with Gasteiger partial charge in [0.05, 0.1) is 13.2 Å². The summed E-state index contributed by atoms with van der Waals surface area (Å²) in [6.07, 6.45) is 1.03. The Morgan fingerprint density at radius 3 is 2.65 bits per heavy atom. The van der Waals surface area contributed by atoms with Crippen LogP contribution in [-0.2, 0) is 23.8 Å². The molecule has 5 atom stereocenters. The molecule has 0 aromatic heterocycles. The number of azide groups is 1. The van der Waals surface area contributed by atoms with Gasteiger partial charge in [-0.3, -0.25) is 4.79 Å². The zero-order valence-corrected chi connectivity index (χ0v) is 14.1. The van der Waals surface area contributed by atoms with E-state index in [9.17, 15) is 9.59 Å². The molecule has 0 aromatic rings. The second-order valence-electron chi connectivity index (χ2n) is 5.62. The van der Waals surface area contributed by atoms with E-state index < -0.39 is 30.2 Å². The van der Waals surface area contributed by atoms with Gasteiger partial charge in [-0.15, -0.1) is 0 Å². The molecule has 1 heterocycles. The molecule has 1 aliphatic rings. The fourth-order valence-corrected chi connectivity index (χ4v) is 2.51.